The first-order valence-electron chi connectivity index (χ1n) is 5.77. The van der Waals surface area contributed by atoms with Gasteiger partial charge in [-0.1, -0.05) is 24.3 Å². The number of fused-ring (bicyclic) bond motifs is 1. The molecule has 0 fully saturated rings. The van der Waals surface area contributed by atoms with Crippen molar-refractivity contribution in [2.24, 2.45) is 5.73 Å². The van der Waals surface area contributed by atoms with E-state index in [4.69, 9.17) is 12.2 Å². The standard InChI is InChI=1S/C15H14N2O/c1-2-5-13(16)15(18)10-12-9-8-11-6-3-4-7-14(11)17-12/h1,3-4,6-9,13H,5,10,16H2. The van der Waals surface area contributed by atoms with Crippen molar-refractivity contribution in [3.8, 4) is 12.3 Å². The first-order valence-corrected chi connectivity index (χ1v) is 5.77. The fraction of sp³-hybridized carbons (Fsp3) is 0.200. The molecule has 0 saturated carbocycles. The number of nitrogens with two attached hydrogens (primary N) is 1. The van der Waals surface area contributed by atoms with Gasteiger partial charge in [0.25, 0.3) is 0 Å². The number of hydrogen-bond acceptors (Lipinski definition) is 3. The Morgan fingerprint density at radius 1 is 1.33 bits per heavy atom. The zero-order valence-corrected chi connectivity index (χ0v) is 9.97. The van der Waals surface area contributed by atoms with E-state index in [1.165, 1.54) is 0 Å². The number of hydrogen-bond donors (Lipinski definition) is 1. The van der Waals surface area contributed by atoms with Gasteiger partial charge in [-0.2, -0.15) is 0 Å². The molecule has 2 aromatic rings. The molecule has 18 heavy (non-hydrogen) atoms. The molecule has 90 valence electrons. The first-order chi connectivity index (χ1) is 8.70. The number of Topliss-reactive ketones (excluding diaryl/α,β-unsaturated/α-hetero) is 1. The molecule has 0 aliphatic carbocycles. The SMILES string of the molecule is C#CCC(N)C(=O)Cc1ccc2ccccc2n1. The van der Waals surface area contributed by atoms with Crippen LogP contribution in [0.4, 0.5) is 0 Å². The highest BCUT2D eigenvalue weighted by Crippen LogP contribution is 2.12. The van der Waals surface area contributed by atoms with Crippen LogP contribution in [-0.2, 0) is 11.2 Å². The quantitative estimate of drug-likeness (QED) is 0.825. The maximum Gasteiger partial charge on any atom is 0.156 e. The van der Waals surface area contributed by atoms with Gasteiger partial charge in [-0.15, -0.1) is 12.3 Å². The summed E-state index contributed by atoms with van der Waals surface area (Å²) in [4.78, 5) is 16.2. The Hall–Kier alpha value is -2.18. The van der Waals surface area contributed by atoms with Crippen molar-refractivity contribution < 1.29 is 4.79 Å². The maximum atomic E-state index is 11.8. The van der Waals surface area contributed by atoms with Crippen LogP contribution in [0, 0.1) is 12.3 Å². The molecule has 0 aliphatic rings. The lowest BCUT2D eigenvalue weighted by Crippen LogP contribution is -2.31. The van der Waals surface area contributed by atoms with Crippen molar-refractivity contribution in [3.05, 3.63) is 42.1 Å². The molecular formula is C15H14N2O. The number of carbonyl (C=O) groups excluding carboxylic acids is 1. The highest BCUT2D eigenvalue weighted by molar-refractivity contribution is 5.86. The van der Waals surface area contributed by atoms with Gasteiger partial charge in [0.2, 0.25) is 0 Å². The summed E-state index contributed by atoms with van der Waals surface area (Å²) in [5, 5.41) is 1.06. The molecule has 1 atom stereocenters. The van der Waals surface area contributed by atoms with Crippen molar-refractivity contribution >= 4 is 16.7 Å². The smallest absolute Gasteiger partial charge is 0.156 e. The van der Waals surface area contributed by atoms with Crippen LogP contribution in [0.3, 0.4) is 0 Å². The molecule has 1 aromatic carbocycles. The van der Waals surface area contributed by atoms with E-state index in [0.717, 1.165) is 16.6 Å². The summed E-state index contributed by atoms with van der Waals surface area (Å²) in [5.74, 6) is 2.32. The van der Waals surface area contributed by atoms with Gasteiger partial charge in [0.15, 0.2) is 5.78 Å². The number of rotatable bonds is 4. The van der Waals surface area contributed by atoms with Crippen molar-refractivity contribution in [2.75, 3.05) is 0 Å². The number of aromatic nitrogens is 1. The molecule has 0 radical (unpaired) electrons. The lowest BCUT2D eigenvalue weighted by atomic mass is 10.1. The summed E-state index contributed by atoms with van der Waals surface area (Å²) in [5.41, 5.74) is 7.28. The molecule has 1 unspecified atom stereocenters. The summed E-state index contributed by atoms with van der Waals surface area (Å²) in [6.07, 6.45) is 5.64. The molecule has 2 rings (SSSR count). The molecule has 0 aliphatic heterocycles. The van der Waals surface area contributed by atoms with Crippen LogP contribution in [0.5, 0.6) is 0 Å². The normalized spacial score (nSPS) is 12.0. The highest BCUT2D eigenvalue weighted by atomic mass is 16.1. The zero-order chi connectivity index (χ0) is 13.0. The highest BCUT2D eigenvalue weighted by Gasteiger charge is 2.13. The number of para-hydroxylation sites is 1. The molecule has 0 amide bonds. The third-order valence-electron chi connectivity index (χ3n) is 2.76. The van der Waals surface area contributed by atoms with Crippen molar-refractivity contribution in [1.29, 1.82) is 0 Å². The molecule has 1 heterocycles. The molecule has 3 heteroatoms. The first kappa shape index (κ1) is 12.3. The number of nitrogens with zero attached hydrogens (tertiary/aromatic N) is 1. The van der Waals surface area contributed by atoms with Gasteiger partial charge in [0, 0.05) is 17.5 Å². The maximum absolute atomic E-state index is 11.8. The third-order valence-corrected chi connectivity index (χ3v) is 2.76. The van der Waals surface area contributed by atoms with Gasteiger partial charge < -0.3 is 5.73 Å². The Kier molecular flexibility index (Phi) is 3.71. The van der Waals surface area contributed by atoms with Crippen LogP contribution in [0.15, 0.2) is 36.4 Å². The lowest BCUT2D eigenvalue weighted by molar-refractivity contribution is -0.119. The average molecular weight is 238 g/mol. The van der Waals surface area contributed by atoms with Crippen molar-refractivity contribution in [1.82, 2.24) is 4.98 Å². The van der Waals surface area contributed by atoms with Gasteiger partial charge >= 0.3 is 0 Å². The van der Waals surface area contributed by atoms with E-state index < -0.39 is 6.04 Å². The van der Waals surface area contributed by atoms with E-state index in [0.29, 0.717) is 0 Å². The summed E-state index contributed by atoms with van der Waals surface area (Å²) in [6, 6.07) is 11.0. The molecule has 3 nitrogen and oxygen atoms in total. The Balaban J connectivity index is 2.17. The van der Waals surface area contributed by atoms with Crippen LogP contribution < -0.4 is 5.73 Å². The fourth-order valence-corrected chi connectivity index (χ4v) is 1.76. The topological polar surface area (TPSA) is 56.0 Å². The summed E-state index contributed by atoms with van der Waals surface area (Å²) in [7, 11) is 0. The number of pyridine rings is 1. The number of terminal acetylenes is 1. The fourth-order valence-electron chi connectivity index (χ4n) is 1.76. The summed E-state index contributed by atoms with van der Waals surface area (Å²) < 4.78 is 0. The van der Waals surface area contributed by atoms with Gasteiger partial charge in [-0.25, -0.2) is 0 Å². The van der Waals surface area contributed by atoms with Crippen LogP contribution in [0.25, 0.3) is 10.9 Å². The second-order valence-corrected chi connectivity index (χ2v) is 4.15. The minimum atomic E-state index is -0.594. The Morgan fingerprint density at radius 3 is 2.89 bits per heavy atom. The molecular weight excluding hydrogens is 224 g/mol. The van der Waals surface area contributed by atoms with Gasteiger partial charge in [-0.3, -0.25) is 9.78 Å². The lowest BCUT2D eigenvalue weighted by Gasteiger charge is -2.07. The van der Waals surface area contributed by atoms with Gasteiger partial charge in [0.05, 0.1) is 18.0 Å². The van der Waals surface area contributed by atoms with Crippen LogP contribution >= 0.6 is 0 Å². The summed E-state index contributed by atoms with van der Waals surface area (Å²) in [6.45, 7) is 0. The van der Waals surface area contributed by atoms with E-state index in [1.807, 2.05) is 36.4 Å². The predicted molar refractivity (Wildman–Crippen MR) is 71.9 cm³/mol. The molecule has 0 spiro atoms. The minimum absolute atomic E-state index is 0.0734. The number of carbonyl (C=O) groups is 1. The average Bonchev–Trinajstić information content (AvgIpc) is 2.39. The molecule has 1 aromatic heterocycles. The third kappa shape index (κ3) is 2.73. The monoisotopic (exact) mass is 238 g/mol. The Morgan fingerprint density at radius 2 is 2.11 bits per heavy atom. The van der Waals surface area contributed by atoms with E-state index in [1.54, 1.807) is 0 Å². The van der Waals surface area contributed by atoms with Crippen molar-refractivity contribution in [3.63, 3.8) is 0 Å². The van der Waals surface area contributed by atoms with Crippen molar-refractivity contribution in [2.45, 2.75) is 18.9 Å². The second-order valence-electron chi connectivity index (χ2n) is 4.15. The minimum Gasteiger partial charge on any atom is -0.321 e. The Labute approximate surface area is 106 Å². The number of ketones is 1. The van der Waals surface area contributed by atoms with Crippen LogP contribution in [-0.4, -0.2) is 16.8 Å². The summed E-state index contributed by atoms with van der Waals surface area (Å²) >= 11 is 0. The van der Waals surface area contributed by atoms with E-state index in [-0.39, 0.29) is 18.6 Å². The second kappa shape index (κ2) is 5.44. The van der Waals surface area contributed by atoms with Crippen LogP contribution in [0.1, 0.15) is 12.1 Å². The van der Waals surface area contributed by atoms with Gasteiger partial charge in [0.1, 0.15) is 0 Å². The molecule has 2 N–H and O–H groups in total. The largest absolute Gasteiger partial charge is 0.321 e. The van der Waals surface area contributed by atoms with Gasteiger partial charge in [-0.05, 0) is 12.1 Å². The Bertz CT molecular complexity index is 613. The van der Waals surface area contributed by atoms with E-state index in [9.17, 15) is 4.79 Å². The zero-order valence-electron chi connectivity index (χ0n) is 9.97. The molecule has 0 bridgehead atoms. The van der Waals surface area contributed by atoms with Crippen LogP contribution in [0.2, 0.25) is 0 Å². The number of benzene rings is 1. The van der Waals surface area contributed by atoms with E-state index >= 15 is 0 Å². The predicted octanol–water partition coefficient (Wildman–Crippen LogP) is 1.70. The van der Waals surface area contributed by atoms with E-state index in [2.05, 4.69) is 10.9 Å². The molecule has 0 saturated heterocycles.